The van der Waals surface area contributed by atoms with Crippen molar-refractivity contribution in [3.8, 4) is 0 Å². The molecule has 0 rings (SSSR count). The normalized spacial score (nSPS) is 12.9. The number of carbonyl (C=O) groups is 1. The molecule has 0 radical (unpaired) electrons. The Morgan fingerprint density at radius 3 is 2.83 bits per heavy atom. The Morgan fingerprint density at radius 2 is 2.33 bits per heavy atom. The number of aliphatic hydroxyl groups excluding tert-OH is 1. The second-order valence-corrected chi connectivity index (χ2v) is 2.72. The van der Waals surface area contributed by atoms with E-state index in [1.54, 1.807) is 7.05 Å². The minimum absolute atomic E-state index is 0.118. The van der Waals surface area contributed by atoms with Crippen LogP contribution in [0.25, 0.3) is 0 Å². The number of ether oxygens (including phenoxy) is 1. The van der Waals surface area contributed by atoms with E-state index in [4.69, 9.17) is 9.84 Å². The number of Topliss-reactive ketones (excluding diaryl/α,β-unsaturated/α-hetero) is 1. The maximum atomic E-state index is 10.9. The number of carbonyl (C=O) groups excluding carboxylic acids is 1. The Kier molecular flexibility index (Phi) is 6.94. The minimum atomic E-state index is -0.518. The van der Waals surface area contributed by atoms with Crippen LogP contribution in [0.15, 0.2) is 0 Å². The second kappa shape index (κ2) is 7.21. The standard InChI is InChI=1S/C8H17NO3/c1-9-5-7(10)3-4-8(11)6-12-2/h8-9,11H,3-6H2,1-2H3. The molecule has 0 aromatic rings. The van der Waals surface area contributed by atoms with Crippen molar-refractivity contribution < 1.29 is 14.6 Å². The van der Waals surface area contributed by atoms with Crippen molar-refractivity contribution in [2.75, 3.05) is 27.3 Å². The van der Waals surface area contributed by atoms with E-state index in [0.29, 0.717) is 26.0 Å². The summed E-state index contributed by atoms with van der Waals surface area (Å²) < 4.78 is 4.72. The highest BCUT2D eigenvalue weighted by atomic mass is 16.5. The highest BCUT2D eigenvalue weighted by Gasteiger charge is 2.06. The van der Waals surface area contributed by atoms with E-state index in [0.717, 1.165) is 0 Å². The molecule has 1 atom stereocenters. The second-order valence-electron chi connectivity index (χ2n) is 2.72. The average Bonchev–Trinajstić information content (AvgIpc) is 2.02. The number of ketones is 1. The van der Waals surface area contributed by atoms with Gasteiger partial charge >= 0.3 is 0 Å². The van der Waals surface area contributed by atoms with Crippen molar-refractivity contribution in [1.29, 1.82) is 0 Å². The summed E-state index contributed by atoms with van der Waals surface area (Å²) in [6, 6.07) is 0. The first kappa shape index (κ1) is 11.6. The zero-order valence-corrected chi connectivity index (χ0v) is 7.67. The third-order valence-electron chi connectivity index (χ3n) is 1.49. The molecule has 12 heavy (non-hydrogen) atoms. The van der Waals surface area contributed by atoms with Crippen molar-refractivity contribution in [2.45, 2.75) is 18.9 Å². The van der Waals surface area contributed by atoms with Gasteiger partial charge in [0.05, 0.1) is 19.3 Å². The van der Waals surface area contributed by atoms with Crippen LogP contribution in [-0.4, -0.2) is 44.3 Å². The lowest BCUT2D eigenvalue weighted by Gasteiger charge is -2.07. The quantitative estimate of drug-likeness (QED) is 0.551. The van der Waals surface area contributed by atoms with Crippen LogP contribution in [0.5, 0.6) is 0 Å². The van der Waals surface area contributed by atoms with Gasteiger partial charge in [0, 0.05) is 13.5 Å². The Balaban J connectivity index is 3.33. The van der Waals surface area contributed by atoms with Crippen LogP contribution in [0, 0.1) is 0 Å². The maximum absolute atomic E-state index is 10.9. The molecule has 0 saturated heterocycles. The topological polar surface area (TPSA) is 58.6 Å². The molecule has 0 aliphatic carbocycles. The summed E-state index contributed by atoms with van der Waals surface area (Å²) in [6.45, 7) is 0.673. The van der Waals surface area contributed by atoms with Crippen LogP contribution in [0.4, 0.5) is 0 Å². The number of likely N-dealkylation sites (N-methyl/N-ethyl adjacent to an activating group) is 1. The maximum Gasteiger partial charge on any atom is 0.146 e. The molecule has 0 saturated carbocycles. The van der Waals surface area contributed by atoms with Gasteiger partial charge in [-0.1, -0.05) is 0 Å². The number of hydrogen-bond acceptors (Lipinski definition) is 4. The molecular formula is C8H17NO3. The number of aliphatic hydroxyl groups is 1. The van der Waals surface area contributed by atoms with Crippen molar-refractivity contribution in [2.24, 2.45) is 0 Å². The van der Waals surface area contributed by atoms with E-state index in [-0.39, 0.29) is 5.78 Å². The van der Waals surface area contributed by atoms with E-state index in [2.05, 4.69) is 5.32 Å². The van der Waals surface area contributed by atoms with E-state index < -0.39 is 6.10 Å². The van der Waals surface area contributed by atoms with Gasteiger partial charge in [-0.15, -0.1) is 0 Å². The fraction of sp³-hybridized carbons (Fsp3) is 0.875. The van der Waals surface area contributed by atoms with Gasteiger partial charge in [0.1, 0.15) is 5.78 Å². The van der Waals surface area contributed by atoms with Crippen molar-refractivity contribution in [1.82, 2.24) is 5.32 Å². The molecule has 0 bridgehead atoms. The summed E-state index contributed by atoms with van der Waals surface area (Å²) in [6.07, 6.45) is 0.371. The first-order chi connectivity index (χ1) is 5.70. The van der Waals surface area contributed by atoms with Gasteiger partial charge < -0.3 is 15.2 Å². The monoisotopic (exact) mass is 175 g/mol. The van der Waals surface area contributed by atoms with Gasteiger partial charge in [-0.05, 0) is 13.5 Å². The molecule has 2 N–H and O–H groups in total. The molecule has 4 nitrogen and oxygen atoms in total. The van der Waals surface area contributed by atoms with Crippen LogP contribution in [0.3, 0.4) is 0 Å². The average molecular weight is 175 g/mol. The van der Waals surface area contributed by atoms with Gasteiger partial charge in [0.25, 0.3) is 0 Å². The molecule has 0 aliphatic rings. The molecule has 0 aromatic carbocycles. The Labute approximate surface area is 72.9 Å². The van der Waals surface area contributed by atoms with Gasteiger partial charge in [0.15, 0.2) is 0 Å². The molecule has 72 valence electrons. The lowest BCUT2D eigenvalue weighted by Crippen LogP contribution is -2.21. The van der Waals surface area contributed by atoms with Crippen LogP contribution >= 0.6 is 0 Å². The largest absolute Gasteiger partial charge is 0.391 e. The first-order valence-corrected chi connectivity index (χ1v) is 4.04. The van der Waals surface area contributed by atoms with Crippen molar-refractivity contribution in [3.63, 3.8) is 0 Å². The van der Waals surface area contributed by atoms with E-state index in [1.165, 1.54) is 7.11 Å². The van der Waals surface area contributed by atoms with Crippen LogP contribution < -0.4 is 5.32 Å². The highest BCUT2D eigenvalue weighted by Crippen LogP contribution is 1.97. The third kappa shape index (κ3) is 6.27. The third-order valence-corrected chi connectivity index (χ3v) is 1.49. The number of nitrogens with one attached hydrogen (secondary N) is 1. The summed E-state index contributed by atoms with van der Waals surface area (Å²) in [7, 11) is 3.25. The molecular weight excluding hydrogens is 158 g/mol. The van der Waals surface area contributed by atoms with Gasteiger partial charge in [-0.25, -0.2) is 0 Å². The molecule has 0 amide bonds. The number of methoxy groups -OCH3 is 1. The summed E-state index contributed by atoms with van der Waals surface area (Å²) in [5, 5.41) is 11.9. The minimum Gasteiger partial charge on any atom is -0.391 e. The van der Waals surface area contributed by atoms with E-state index in [9.17, 15) is 4.79 Å². The van der Waals surface area contributed by atoms with Gasteiger partial charge in [-0.3, -0.25) is 4.79 Å². The fourth-order valence-electron chi connectivity index (χ4n) is 0.889. The Morgan fingerprint density at radius 1 is 1.67 bits per heavy atom. The Hall–Kier alpha value is -0.450. The fourth-order valence-corrected chi connectivity index (χ4v) is 0.889. The zero-order valence-electron chi connectivity index (χ0n) is 7.67. The summed E-state index contributed by atoms with van der Waals surface area (Å²) in [5.41, 5.74) is 0. The highest BCUT2D eigenvalue weighted by molar-refractivity contribution is 5.80. The molecule has 1 unspecified atom stereocenters. The molecule has 0 aliphatic heterocycles. The van der Waals surface area contributed by atoms with Crippen molar-refractivity contribution >= 4 is 5.78 Å². The predicted molar refractivity (Wildman–Crippen MR) is 46.1 cm³/mol. The van der Waals surface area contributed by atoms with Crippen LogP contribution in [-0.2, 0) is 9.53 Å². The molecule has 0 spiro atoms. The summed E-state index contributed by atoms with van der Waals surface area (Å²) in [4.78, 5) is 10.9. The van der Waals surface area contributed by atoms with Crippen LogP contribution in [0.1, 0.15) is 12.8 Å². The number of hydrogen-bond donors (Lipinski definition) is 2. The smallest absolute Gasteiger partial charge is 0.146 e. The first-order valence-electron chi connectivity index (χ1n) is 4.04. The predicted octanol–water partition coefficient (Wildman–Crippen LogP) is -0.438. The molecule has 0 fully saturated rings. The summed E-state index contributed by atoms with van der Waals surface area (Å²) in [5.74, 6) is 0.118. The van der Waals surface area contributed by atoms with E-state index >= 15 is 0 Å². The summed E-state index contributed by atoms with van der Waals surface area (Å²) >= 11 is 0. The zero-order chi connectivity index (χ0) is 9.40. The molecule has 4 heteroatoms. The number of rotatable bonds is 7. The molecule has 0 heterocycles. The lowest BCUT2D eigenvalue weighted by atomic mass is 10.1. The van der Waals surface area contributed by atoms with E-state index in [1.807, 2.05) is 0 Å². The Bertz CT molecular complexity index is 127. The van der Waals surface area contributed by atoms with Gasteiger partial charge in [0.2, 0.25) is 0 Å². The van der Waals surface area contributed by atoms with Gasteiger partial charge in [-0.2, -0.15) is 0 Å². The SMILES string of the molecule is CNCC(=O)CCC(O)COC. The molecule has 0 aromatic heterocycles. The van der Waals surface area contributed by atoms with Crippen molar-refractivity contribution in [3.05, 3.63) is 0 Å². The van der Waals surface area contributed by atoms with Crippen LogP contribution in [0.2, 0.25) is 0 Å². The lowest BCUT2D eigenvalue weighted by molar-refractivity contribution is -0.118.